The van der Waals surface area contributed by atoms with Gasteiger partial charge in [0.25, 0.3) is 0 Å². The molecule has 0 aromatic rings. The Balaban J connectivity index is 2.00. The van der Waals surface area contributed by atoms with Crippen LogP contribution >= 0.6 is 0 Å². The molecule has 0 aromatic heterocycles. The summed E-state index contributed by atoms with van der Waals surface area (Å²) in [6, 6.07) is 0. The van der Waals surface area contributed by atoms with Crippen molar-refractivity contribution in [1.82, 2.24) is 5.32 Å². The van der Waals surface area contributed by atoms with E-state index in [1.54, 1.807) is 0 Å². The molecule has 0 heterocycles. The van der Waals surface area contributed by atoms with Crippen LogP contribution in [0.15, 0.2) is 23.8 Å². The van der Waals surface area contributed by atoms with E-state index in [2.05, 4.69) is 24.4 Å². The Kier molecular flexibility index (Phi) is 7.39. The van der Waals surface area contributed by atoms with E-state index in [1.807, 2.05) is 6.08 Å². The lowest BCUT2D eigenvalue weighted by atomic mass is 10.1. The molecule has 0 saturated heterocycles. The Morgan fingerprint density at radius 1 is 1.47 bits per heavy atom. The van der Waals surface area contributed by atoms with E-state index in [9.17, 15) is 4.79 Å². The fraction of sp³-hybridized carbons (Fsp3) is 0.643. The third-order valence-electron chi connectivity index (χ3n) is 2.72. The highest BCUT2D eigenvalue weighted by Crippen LogP contribution is 2.11. The SMILES string of the molecule is CCCCCNC(=O)COCC1=CC=CCC1. The number of hydrogen-bond donors (Lipinski definition) is 1. The van der Waals surface area contributed by atoms with Gasteiger partial charge >= 0.3 is 0 Å². The smallest absolute Gasteiger partial charge is 0.246 e. The molecule has 96 valence electrons. The summed E-state index contributed by atoms with van der Waals surface area (Å²) in [4.78, 5) is 11.4. The zero-order valence-corrected chi connectivity index (χ0v) is 10.7. The average Bonchev–Trinajstić information content (AvgIpc) is 2.36. The molecular formula is C14H23NO2. The molecule has 1 amide bonds. The van der Waals surface area contributed by atoms with Gasteiger partial charge in [-0.05, 0) is 24.8 Å². The molecule has 1 aliphatic carbocycles. The van der Waals surface area contributed by atoms with E-state index in [4.69, 9.17) is 4.74 Å². The van der Waals surface area contributed by atoms with Crippen LogP contribution in [0.3, 0.4) is 0 Å². The number of hydrogen-bond acceptors (Lipinski definition) is 2. The second-order valence-corrected chi connectivity index (χ2v) is 4.34. The van der Waals surface area contributed by atoms with Crippen molar-refractivity contribution in [2.24, 2.45) is 0 Å². The minimum atomic E-state index is -0.00643. The van der Waals surface area contributed by atoms with Crippen molar-refractivity contribution in [2.75, 3.05) is 19.8 Å². The molecule has 0 aliphatic heterocycles. The topological polar surface area (TPSA) is 38.3 Å². The first kappa shape index (κ1) is 14.0. The molecule has 3 heteroatoms. The zero-order valence-electron chi connectivity index (χ0n) is 10.7. The molecule has 1 rings (SSSR count). The minimum absolute atomic E-state index is 0.00643. The van der Waals surface area contributed by atoms with Crippen LogP contribution in [0.4, 0.5) is 0 Å². The molecule has 0 atom stereocenters. The second kappa shape index (κ2) is 8.99. The Morgan fingerprint density at radius 3 is 3.06 bits per heavy atom. The first-order chi connectivity index (χ1) is 8.33. The molecule has 3 nitrogen and oxygen atoms in total. The van der Waals surface area contributed by atoms with Crippen molar-refractivity contribution in [3.05, 3.63) is 23.8 Å². The first-order valence-electron chi connectivity index (χ1n) is 6.52. The van der Waals surface area contributed by atoms with Gasteiger partial charge in [-0.3, -0.25) is 4.79 Å². The number of nitrogens with one attached hydrogen (secondary N) is 1. The second-order valence-electron chi connectivity index (χ2n) is 4.34. The Labute approximate surface area is 104 Å². The summed E-state index contributed by atoms with van der Waals surface area (Å²) in [7, 11) is 0. The van der Waals surface area contributed by atoms with Crippen LogP contribution < -0.4 is 5.32 Å². The van der Waals surface area contributed by atoms with Gasteiger partial charge in [0.1, 0.15) is 6.61 Å². The average molecular weight is 237 g/mol. The monoisotopic (exact) mass is 237 g/mol. The van der Waals surface area contributed by atoms with Crippen molar-refractivity contribution in [3.8, 4) is 0 Å². The molecule has 0 aromatic carbocycles. The molecule has 0 unspecified atom stereocenters. The van der Waals surface area contributed by atoms with Gasteiger partial charge in [0.15, 0.2) is 0 Å². The maximum atomic E-state index is 11.4. The van der Waals surface area contributed by atoms with Gasteiger partial charge in [0, 0.05) is 6.54 Å². The number of amides is 1. The predicted octanol–water partition coefficient (Wildman–Crippen LogP) is 2.59. The number of allylic oxidation sites excluding steroid dienone is 3. The van der Waals surface area contributed by atoms with E-state index in [-0.39, 0.29) is 12.5 Å². The molecule has 0 spiro atoms. The van der Waals surface area contributed by atoms with Gasteiger partial charge in [-0.2, -0.15) is 0 Å². The third-order valence-corrected chi connectivity index (χ3v) is 2.72. The lowest BCUT2D eigenvalue weighted by Gasteiger charge is -2.10. The maximum absolute atomic E-state index is 11.4. The predicted molar refractivity (Wildman–Crippen MR) is 69.8 cm³/mol. The summed E-state index contributed by atoms with van der Waals surface area (Å²) in [6.07, 6.45) is 11.8. The lowest BCUT2D eigenvalue weighted by molar-refractivity contribution is -0.125. The molecule has 0 saturated carbocycles. The minimum Gasteiger partial charge on any atom is -0.367 e. The van der Waals surface area contributed by atoms with Crippen LogP contribution in [0, 0.1) is 0 Å². The van der Waals surface area contributed by atoms with Crippen LogP contribution in [0.25, 0.3) is 0 Å². The summed E-state index contributed by atoms with van der Waals surface area (Å²) in [5.41, 5.74) is 1.27. The van der Waals surface area contributed by atoms with Crippen molar-refractivity contribution in [1.29, 1.82) is 0 Å². The van der Waals surface area contributed by atoms with Gasteiger partial charge in [0.2, 0.25) is 5.91 Å². The van der Waals surface area contributed by atoms with Crippen LogP contribution in [-0.2, 0) is 9.53 Å². The van der Waals surface area contributed by atoms with Crippen molar-refractivity contribution < 1.29 is 9.53 Å². The number of carbonyl (C=O) groups excluding carboxylic acids is 1. The summed E-state index contributed by atoms with van der Waals surface area (Å²) in [5.74, 6) is -0.00643. The summed E-state index contributed by atoms with van der Waals surface area (Å²) in [5, 5.41) is 2.86. The largest absolute Gasteiger partial charge is 0.367 e. The van der Waals surface area contributed by atoms with E-state index >= 15 is 0 Å². The Hall–Kier alpha value is -1.09. The van der Waals surface area contributed by atoms with E-state index in [0.29, 0.717) is 6.61 Å². The maximum Gasteiger partial charge on any atom is 0.246 e. The number of ether oxygens (including phenoxy) is 1. The molecule has 1 aliphatic rings. The van der Waals surface area contributed by atoms with Gasteiger partial charge in [-0.25, -0.2) is 0 Å². The highest BCUT2D eigenvalue weighted by atomic mass is 16.5. The first-order valence-corrected chi connectivity index (χ1v) is 6.52. The van der Waals surface area contributed by atoms with Gasteiger partial charge in [-0.1, -0.05) is 38.0 Å². The van der Waals surface area contributed by atoms with Crippen molar-refractivity contribution >= 4 is 5.91 Å². The number of rotatable bonds is 8. The molecule has 17 heavy (non-hydrogen) atoms. The fourth-order valence-corrected chi connectivity index (χ4v) is 1.70. The number of carbonyl (C=O) groups is 1. The van der Waals surface area contributed by atoms with Crippen LogP contribution in [0.2, 0.25) is 0 Å². The van der Waals surface area contributed by atoms with Crippen LogP contribution in [0.5, 0.6) is 0 Å². The van der Waals surface area contributed by atoms with E-state index in [1.165, 1.54) is 18.4 Å². The Bertz CT molecular complexity index is 282. The van der Waals surface area contributed by atoms with Gasteiger partial charge in [0.05, 0.1) is 6.61 Å². The fourth-order valence-electron chi connectivity index (χ4n) is 1.70. The van der Waals surface area contributed by atoms with Crippen LogP contribution in [0.1, 0.15) is 39.0 Å². The van der Waals surface area contributed by atoms with Gasteiger partial charge < -0.3 is 10.1 Å². The molecular weight excluding hydrogens is 214 g/mol. The quantitative estimate of drug-likeness (QED) is 0.659. The molecule has 1 N–H and O–H groups in total. The van der Waals surface area contributed by atoms with E-state index in [0.717, 1.165) is 25.8 Å². The number of unbranched alkanes of at least 4 members (excludes halogenated alkanes) is 2. The summed E-state index contributed by atoms with van der Waals surface area (Å²) >= 11 is 0. The lowest BCUT2D eigenvalue weighted by Crippen LogP contribution is -2.28. The van der Waals surface area contributed by atoms with Gasteiger partial charge in [-0.15, -0.1) is 0 Å². The van der Waals surface area contributed by atoms with Crippen molar-refractivity contribution in [3.63, 3.8) is 0 Å². The molecule has 0 bridgehead atoms. The summed E-state index contributed by atoms with van der Waals surface area (Å²) in [6.45, 7) is 3.67. The summed E-state index contributed by atoms with van der Waals surface area (Å²) < 4.78 is 5.38. The molecule has 0 fully saturated rings. The van der Waals surface area contributed by atoms with Crippen molar-refractivity contribution in [2.45, 2.75) is 39.0 Å². The highest BCUT2D eigenvalue weighted by Gasteiger charge is 2.03. The zero-order chi connectivity index (χ0) is 12.3. The van der Waals surface area contributed by atoms with Crippen LogP contribution in [-0.4, -0.2) is 25.7 Å². The van der Waals surface area contributed by atoms with E-state index < -0.39 is 0 Å². The Morgan fingerprint density at radius 2 is 2.35 bits per heavy atom. The molecule has 0 radical (unpaired) electrons. The standard InChI is InChI=1S/C14H23NO2/c1-2-3-7-10-15-14(16)12-17-11-13-8-5-4-6-9-13/h4-5,8H,2-3,6-7,9-12H2,1H3,(H,15,16). The highest BCUT2D eigenvalue weighted by molar-refractivity contribution is 5.77. The normalized spacial score (nSPS) is 14.5. The third kappa shape index (κ3) is 6.95.